The van der Waals surface area contributed by atoms with E-state index < -0.39 is 6.36 Å². The van der Waals surface area contributed by atoms with Crippen molar-refractivity contribution in [2.24, 2.45) is 0 Å². The van der Waals surface area contributed by atoms with Crippen LogP contribution < -0.4 is 15.4 Å². The molecule has 0 aliphatic heterocycles. The molecular weight excluding hydrogens is 405 g/mol. The van der Waals surface area contributed by atoms with Gasteiger partial charge in [-0.15, -0.1) is 13.2 Å². The Morgan fingerprint density at radius 2 is 1.52 bits per heavy atom. The van der Waals surface area contributed by atoms with Crippen LogP contribution in [-0.4, -0.2) is 21.9 Å². The van der Waals surface area contributed by atoms with Gasteiger partial charge in [0.15, 0.2) is 0 Å². The van der Waals surface area contributed by atoms with Crippen LogP contribution in [-0.2, 0) is 0 Å². The molecule has 5 nitrogen and oxygen atoms in total. The molecule has 3 rings (SSSR count). The molecule has 0 aliphatic rings. The lowest BCUT2D eigenvalue weighted by molar-refractivity contribution is -0.274. The molecule has 0 saturated heterocycles. The molecule has 0 radical (unpaired) electrons. The van der Waals surface area contributed by atoms with Crippen molar-refractivity contribution in [2.45, 2.75) is 46.5 Å². The zero-order valence-electron chi connectivity index (χ0n) is 18.1. The molecule has 3 aromatic rings. The largest absolute Gasteiger partial charge is 0.573 e. The zero-order valence-corrected chi connectivity index (χ0v) is 18.1. The molecule has 1 aromatic heterocycles. The van der Waals surface area contributed by atoms with Crippen molar-refractivity contribution in [1.29, 1.82) is 0 Å². The fraction of sp³-hybridized carbons (Fsp3) is 0.304. The molecule has 2 aromatic carbocycles. The highest BCUT2D eigenvalue weighted by molar-refractivity contribution is 5.70. The van der Waals surface area contributed by atoms with Crippen molar-refractivity contribution in [3.05, 3.63) is 59.7 Å². The zero-order chi connectivity index (χ0) is 22.8. The fourth-order valence-corrected chi connectivity index (χ4v) is 3.04. The summed E-state index contributed by atoms with van der Waals surface area (Å²) in [5, 5.41) is 6.55. The second kappa shape index (κ2) is 8.45. The van der Waals surface area contributed by atoms with E-state index in [1.165, 1.54) is 18.2 Å². The average Bonchev–Trinajstić information content (AvgIpc) is 2.62. The van der Waals surface area contributed by atoms with Crippen molar-refractivity contribution in [2.75, 3.05) is 10.6 Å². The summed E-state index contributed by atoms with van der Waals surface area (Å²) < 4.78 is 42.0. The second-order valence-electron chi connectivity index (χ2n) is 8.30. The van der Waals surface area contributed by atoms with Gasteiger partial charge in [0.05, 0.1) is 5.69 Å². The summed E-state index contributed by atoms with van der Waals surface area (Å²) in [6, 6.07) is 13.4. The molecule has 8 heteroatoms. The van der Waals surface area contributed by atoms with Gasteiger partial charge in [0.1, 0.15) is 11.6 Å². The normalized spacial score (nSPS) is 11.9. The molecule has 0 aliphatic carbocycles. The van der Waals surface area contributed by atoms with E-state index in [2.05, 4.69) is 25.3 Å². The molecule has 1 heterocycles. The third-order valence-corrected chi connectivity index (χ3v) is 4.31. The first-order valence-corrected chi connectivity index (χ1v) is 9.76. The van der Waals surface area contributed by atoms with E-state index in [0.717, 1.165) is 16.8 Å². The van der Waals surface area contributed by atoms with Crippen molar-refractivity contribution in [1.82, 2.24) is 9.97 Å². The van der Waals surface area contributed by atoms with Crippen LogP contribution in [0.1, 0.15) is 31.9 Å². The van der Waals surface area contributed by atoms with E-state index in [-0.39, 0.29) is 11.3 Å². The number of alkyl halides is 3. The maximum atomic E-state index is 12.6. The first-order valence-electron chi connectivity index (χ1n) is 9.76. The van der Waals surface area contributed by atoms with Gasteiger partial charge >= 0.3 is 6.36 Å². The molecule has 0 saturated carbocycles. The minimum atomic E-state index is -4.77. The summed E-state index contributed by atoms with van der Waals surface area (Å²) >= 11 is 0. The topological polar surface area (TPSA) is 59.1 Å². The number of halogens is 3. The molecule has 0 spiro atoms. The molecular formula is C23H25F3N4O. The highest BCUT2D eigenvalue weighted by Gasteiger charge is 2.31. The van der Waals surface area contributed by atoms with E-state index in [9.17, 15) is 13.2 Å². The Kier molecular flexibility index (Phi) is 6.10. The van der Waals surface area contributed by atoms with Crippen LogP contribution in [0.5, 0.6) is 5.75 Å². The lowest BCUT2D eigenvalue weighted by Crippen LogP contribution is -2.27. The maximum absolute atomic E-state index is 12.6. The van der Waals surface area contributed by atoms with Gasteiger partial charge in [-0.25, -0.2) is 4.98 Å². The summed E-state index contributed by atoms with van der Waals surface area (Å²) in [5.41, 5.74) is 3.64. The summed E-state index contributed by atoms with van der Waals surface area (Å²) in [4.78, 5) is 9.07. The van der Waals surface area contributed by atoms with Gasteiger partial charge in [-0.1, -0.05) is 30.3 Å². The van der Waals surface area contributed by atoms with E-state index in [1.807, 2.05) is 52.8 Å². The number of aryl methyl sites for hydroxylation is 2. The van der Waals surface area contributed by atoms with E-state index in [0.29, 0.717) is 23.0 Å². The van der Waals surface area contributed by atoms with Gasteiger partial charge in [-0.05, 0) is 57.9 Å². The molecule has 0 bridgehead atoms. The van der Waals surface area contributed by atoms with Crippen molar-refractivity contribution < 1.29 is 17.9 Å². The highest BCUT2D eigenvalue weighted by Crippen LogP contribution is 2.30. The Labute approximate surface area is 179 Å². The lowest BCUT2D eigenvalue weighted by Gasteiger charge is -2.22. The van der Waals surface area contributed by atoms with Crippen LogP contribution in [0.3, 0.4) is 0 Å². The number of nitrogens with one attached hydrogen (secondary N) is 2. The number of ether oxygens (including phenoxy) is 1. The Morgan fingerprint density at radius 1 is 0.871 bits per heavy atom. The van der Waals surface area contributed by atoms with Crippen LogP contribution in [0.25, 0.3) is 11.3 Å². The molecule has 0 unspecified atom stereocenters. The number of benzene rings is 2. The van der Waals surface area contributed by atoms with E-state index in [4.69, 9.17) is 0 Å². The van der Waals surface area contributed by atoms with Crippen LogP contribution in [0, 0.1) is 13.8 Å². The van der Waals surface area contributed by atoms with Crippen LogP contribution in [0.4, 0.5) is 30.6 Å². The quantitative estimate of drug-likeness (QED) is 0.477. The molecule has 0 atom stereocenters. The highest BCUT2D eigenvalue weighted by atomic mass is 19.4. The second-order valence-corrected chi connectivity index (χ2v) is 8.30. The molecule has 31 heavy (non-hydrogen) atoms. The first kappa shape index (κ1) is 22.4. The Balaban J connectivity index is 2.05. The van der Waals surface area contributed by atoms with E-state index in [1.54, 1.807) is 12.1 Å². The molecule has 2 N–H and O–H groups in total. The maximum Gasteiger partial charge on any atom is 0.573 e. The Hall–Kier alpha value is -3.29. The number of hydrogen-bond acceptors (Lipinski definition) is 5. The van der Waals surface area contributed by atoms with Crippen molar-refractivity contribution >= 4 is 17.5 Å². The monoisotopic (exact) mass is 430 g/mol. The van der Waals surface area contributed by atoms with Gasteiger partial charge in [-0.2, -0.15) is 4.98 Å². The lowest BCUT2D eigenvalue weighted by atomic mass is 10.1. The summed E-state index contributed by atoms with van der Waals surface area (Å²) in [6.45, 7) is 9.89. The molecule has 0 amide bonds. The van der Waals surface area contributed by atoms with E-state index >= 15 is 0 Å². The number of anilines is 3. The van der Waals surface area contributed by atoms with Gasteiger partial charge in [0.2, 0.25) is 5.95 Å². The summed E-state index contributed by atoms with van der Waals surface area (Å²) in [5.74, 6) is 0.579. The minimum Gasteiger partial charge on any atom is -0.406 e. The Morgan fingerprint density at radius 3 is 2.13 bits per heavy atom. The number of aromatic nitrogens is 2. The molecule has 164 valence electrons. The number of hydrogen-bond donors (Lipinski definition) is 2. The predicted molar refractivity (Wildman–Crippen MR) is 117 cm³/mol. The molecule has 0 fully saturated rings. The number of para-hydroxylation sites is 1. The smallest absolute Gasteiger partial charge is 0.406 e. The standard InChI is InChI=1S/C23H25F3N4O/c1-14-8-6-9-15(2)20(14)28-19-13-18(27-21(29-19)30-22(3,4)5)16-10-7-11-17(12-16)31-23(24,25)26/h6-13H,1-5H3,(H2,27,28,29,30). The third kappa shape index (κ3) is 6.34. The number of nitrogens with zero attached hydrogens (tertiary/aromatic N) is 2. The summed E-state index contributed by atoms with van der Waals surface area (Å²) in [7, 11) is 0. The number of rotatable bonds is 5. The van der Waals surface area contributed by atoms with Crippen molar-refractivity contribution in [3.63, 3.8) is 0 Å². The third-order valence-electron chi connectivity index (χ3n) is 4.31. The SMILES string of the molecule is Cc1cccc(C)c1Nc1cc(-c2cccc(OC(F)(F)F)c2)nc(NC(C)(C)C)n1. The Bertz CT molecular complexity index is 1050. The van der Waals surface area contributed by atoms with Crippen LogP contribution >= 0.6 is 0 Å². The first-order chi connectivity index (χ1) is 14.4. The van der Waals surface area contributed by atoms with Gasteiger partial charge in [-0.3, -0.25) is 0 Å². The van der Waals surface area contributed by atoms with Gasteiger partial charge < -0.3 is 15.4 Å². The summed E-state index contributed by atoms with van der Waals surface area (Å²) in [6.07, 6.45) is -4.77. The van der Waals surface area contributed by atoms with Crippen LogP contribution in [0.2, 0.25) is 0 Å². The van der Waals surface area contributed by atoms with Crippen LogP contribution in [0.15, 0.2) is 48.5 Å². The van der Waals surface area contributed by atoms with Gasteiger partial charge in [0.25, 0.3) is 0 Å². The predicted octanol–water partition coefficient (Wildman–Crippen LogP) is 6.61. The van der Waals surface area contributed by atoms with Gasteiger partial charge in [0, 0.05) is 22.9 Å². The van der Waals surface area contributed by atoms with Crippen molar-refractivity contribution in [3.8, 4) is 17.0 Å². The minimum absolute atomic E-state index is 0.307. The fourth-order valence-electron chi connectivity index (χ4n) is 3.04. The average molecular weight is 430 g/mol.